The van der Waals surface area contributed by atoms with Gasteiger partial charge < -0.3 is 15.0 Å². The Morgan fingerprint density at radius 2 is 1.90 bits per heavy atom. The van der Waals surface area contributed by atoms with Crippen molar-refractivity contribution < 1.29 is 28.8 Å². The van der Waals surface area contributed by atoms with Crippen molar-refractivity contribution in [3.8, 4) is 0 Å². The van der Waals surface area contributed by atoms with Crippen LogP contribution in [0.3, 0.4) is 0 Å². The molecule has 0 spiro atoms. The molecule has 0 aliphatic carbocycles. The van der Waals surface area contributed by atoms with E-state index in [9.17, 15) is 19.2 Å². The van der Waals surface area contributed by atoms with E-state index in [0.717, 1.165) is 12.8 Å². The summed E-state index contributed by atoms with van der Waals surface area (Å²) in [6.07, 6.45) is 2.18. The van der Waals surface area contributed by atoms with Crippen LogP contribution in [0.15, 0.2) is 0 Å². The summed E-state index contributed by atoms with van der Waals surface area (Å²) in [4.78, 5) is 56.1. The highest BCUT2D eigenvalue weighted by Gasteiger charge is 2.47. The zero-order valence-electron chi connectivity index (χ0n) is 18.3. The van der Waals surface area contributed by atoms with Crippen LogP contribution >= 0.6 is 0 Å². The minimum atomic E-state index is -0.924. The van der Waals surface area contributed by atoms with Crippen LogP contribution in [0.1, 0.15) is 60.3 Å². The molecule has 2 saturated heterocycles. The molecular formula is C19H33N5O6. The van der Waals surface area contributed by atoms with Crippen LogP contribution in [0.4, 0.5) is 9.59 Å². The third kappa shape index (κ3) is 6.22. The number of hydrogen-bond acceptors (Lipinski definition) is 6. The van der Waals surface area contributed by atoms with Gasteiger partial charge in [-0.15, -0.1) is 0 Å². The van der Waals surface area contributed by atoms with Crippen LogP contribution in [-0.2, 0) is 19.2 Å². The molecule has 2 rings (SSSR count). The number of alkyl carbamates (subject to hydrolysis) is 1. The smallest absolute Gasteiger partial charge is 0.408 e. The minimum Gasteiger partial charge on any atom is -0.444 e. The van der Waals surface area contributed by atoms with Crippen LogP contribution < -0.4 is 16.2 Å². The summed E-state index contributed by atoms with van der Waals surface area (Å²) >= 11 is 0. The Labute approximate surface area is 176 Å². The van der Waals surface area contributed by atoms with Crippen molar-refractivity contribution in [1.29, 1.82) is 0 Å². The first-order valence-electron chi connectivity index (χ1n) is 10.4. The molecule has 30 heavy (non-hydrogen) atoms. The number of nitrogens with zero attached hydrogens (tertiary/aromatic N) is 2. The Balaban J connectivity index is 1.81. The molecule has 2 fully saturated rings. The molecule has 5 amide bonds. The molecule has 0 aromatic carbocycles. The normalized spacial score (nSPS) is 21.8. The largest absolute Gasteiger partial charge is 0.444 e. The minimum absolute atomic E-state index is 0.0638. The van der Waals surface area contributed by atoms with Crippen LogP contribution in [0.25, 0.3) is 0 Å². The first-order valence-corrected chi connectivity index (χ1v) is 10.4. The number of piperidine rings is 1. The Morgan fingerprint density at radius 1 is 1.20 bits per heavy atom. The van der Waals surface area contributed by atoms with Gasteiger partial charge in [0.2, 0.25) is 0 Å². The van der Waals surface area contributed by atoms with Crippen LogP contribution in [0, 0.1) is 0 Å². The number of carbonyl (C=O) groups excluding carboxylic acids is 4. The summed E-state index contributed by atoms with van der Waals surface area (Å²) in [6, 6.07) is -2.01. The maximum absolute atomic E-state index is 12.6. The fraction of sp³-hybridized carbons (Fsp3) is 0.789. The fourth-order valence-electron chi connectivity index (χ4n) is 3.24. The number of nitrogens with one attached hydrogen (secondary N) is 3. The first-order chi connectivity index (χ1) is 14.0. The van der Waals surface area contributed by atoms with Crippen molar-refractivity contribution in [3.63, 3.8) is 0 Å². The van der Waals surface area contributed by atoms with E-state index in [1.807, 2.05) is 6.92 Å². The quantitative estimate of drug-likeness (QED) is 0.411. The highest BCUT2D eigenvalue weighted by molar-refractivity contribution is 5.91. The highest BCUT2D eigenvalue weighted by Crippen LogP contribution is 2.30. The number of carbonyl (C=O) groups is 4. The van der Waals surface area contributed by atoms with Gasteiger partial charge in [-0.25, -0.2) is 9.59 Å². The van der Waals surface area contributed by atoms with Crippen molar-refractivity contribution in [2.45, 2.75) is 84.0 Å². The van der Waals surface area contributed by atoms with E-state index in [4.69, 9.17) is 9.57 Å². The predicted molar refractivity (Wildman–Crippen MR) is 107 cm³/mol. The first kappa shape index (κ1) is 23.7. The van der Waals surface area contributed by atoms with Gasteiger partial charge in [0.25, 0.3) is 11.8 Å². The number of amides is 5. The van der Waals surface area contributed by atoms with Crippen molar-refractivity contribution >= 4 is 23.9 Å². The van der Waals surface area contributed by atoms with Crippen molar-refractivity contribution in [2.75, 3.05) is 13.2 Å². The number of rotatable bonds is 7. The van der Waals surface area contributed by atoms with E-state index >= 15 is 0 Å². The molecule has 2 aliphatic heterocycles. The lowest BCUT2D eigenvalue weighted by atomic mass is 10.0. The van der Waals surface area contributed by atoms with Gasteiger partial charge in [0.15, 0.2) is 0 Å². The van der Waals surface area contributed by atoms with Gasteiger partial charge in [0.1, 0.15) is 17.7 Å². The summed E-state index contributed by atoms with van der Waals surface area (Å²) in [6.45, 7) is 9.50. The highest BCUT2D eigenvalue weighted by atomic mass is 16.7. The standard InChI is InChI=1S/C19H33N5O6/c1-6-7-10-29-24-13-8-9-14(23(11-13)18(24)28)16(26)22-21-15(25)12(2)20-17(27)30-19(3,4)5/h12-14H,6-11H2,1-5H3,(H,20,27)(H,21,25)(H,22,26)/t12-,13+,14+/m1/s1. The second-order valence-electron chi connectivity index (χ2n) is 8.54. The van der Waals surface area contributed by atoms with Gasteiger partial charge in [-0.3, -0.25) is 25.3 Å². The molecule has 2 aliphatic rings. The SMILES string of the molecule is CCCCON1C(=O)N2C[C@@H]1CC[C@H]2C(=O)NNC(=O)[C@@H](C)NC(=O)OC(C)(C)C. The van der Waals surface area contributed by atoms with E-state index in [0.29, 0.717) is 26.0 Å². The number of ether oxygens (including phenoxy) is 1. The molecule has 2 bridgehead atoms. The van der Waals surface area contributed by atoms with E-state index in [-0.39, 0.29) is 12.1 Å². The lowest BCUT2D eigenvalue weighted by molar-refractivity contribution is -0.133. The Morgan fingerprint density at radius 3 is 2.53 bits per heavy atom. The topological polar surface area (TPSA) is 129 Å². The van der Waals surface area contributed by atoms with Crippen LogP contribution in [0.2, 0.25) is 0 Å². The summed E-state index contributed by atoms with van der Waals surface area (Å²) in [5.74, 6) is -1.10. The van der Waals surface area contributed by atoms with Crippen LogP contribution in [0.5, 0.6) is 0 Å². The van der Waals surface area contributed by atoms with Crippen molar-refractivity contribution in [1.82, 2.24) is 26.1 Å². The summed E-state index contributed by atoms with van der Waals surface area (Å²) in [5.41, 5.74) is 3.93. The van der Waals surface area contributed by atoms with Gasteiger partial charge in [0.05, 0.1) is 12.6 Å². The molecule has 3 N–H and O–H groups in total. The zero-order chi connectivity index (χ0) is 22.5. The molecule has 0 aromatic rings. The van der Waals surface area contributed by atoms with E-state index in [1.165, 1.54) is 16.9 Å². The average molecular weight is 428 g/mol. The average Bonchev–Trinajstić information content (AvgIpc) is 2.89. The number of hydrazine groups is 1. The van der Waals surface area contributed by atoms with Crippen molar-refractivity contribution in [3.05, 3.63) is 0 Å². The van der Waals surface area contributed by atoms with Gasteiger partial charge in [-0.1, -0.05) is 13.3 Å². The van der Waals surface area contributed by atoms with Gasteiger partial charge in [-0.05, 0) is 47.0 Å². The number of urea groups is 1. The lowest BCUT2D eigenvalue weighted by Gasteiger charge is -2.29. The molecule has 0 saturated carbocycles. The second-order valence-corrected chi connectivity index (χ2v) is 8.54. The lowest BCUT2D eigenvalue weighted by Crippen LogP contribution is -2.57. The Hall–Kier alpha value is -2.56. The summed E-state index contributed by atoms with van der Waals surface area (Å²) in [5, 5.41) is 3.76. The van der Waals surface area contributed by atoms with Gasteiger partial charge in [-0.2, -0.15) is 5.06 Å². The van der Waals surface area contributed by atoms with E-state index in [1.54, 1.807) is 20.8 Å². The van der Waals surface area contributed by atoms with Crippen LogP contribution in [-0.4, -0.2) is 70.8 Å². The second kappa shape index (κ2) is 9.96. The molecule has 2 heterocycles. The molecule has 170 valence electrons. The summed E-state index contributed by atoms with van der Waals surface area (Å²) < 4.78 is 5.09. The molecule has 3 atom stereocenters. The van der Waals surface area contributed by atoms with E-state index in [2.05, 4.69) is 16.2 Å². The Kier molecular flexibility index (Phi) is 7.88. The third-order valence-electron chi connectivity index (χ3n) is 4.79. The predicted octanol–water partition coefficient (Wildman–Crippen LogP) is 1.05. The van der Waals surface area contributed by atoms with E-state index < -0.39 is 35.6 Å². The number of hydroxylamine groups is 2. The number of hydrogen-bond donors (Lipinski definition) is 3. The monoisotopic (exact) mass is 427 g/mol. The van der Waals surface area contributed by atoms with Gasteiger partial charge >= 0.3 is 12.1 Å². The maximum atomic E-state index is 12.6. The molecule has 11 heteroatoms. The fourth-order valence-corrected chi connectivity index (χ4v) is 3.24. The molecule has 11 nitrogen and oxygen atoms in total. The Bertz CT molecular complexity index is 664. The maximum Gasteiger partial charge on any atom is 0.408 e. The number of unbranched alkanes of at least 4 members (excludes halogenated alkanes) is 1. The third-order valence-corrected chi connectivity index (χ3v) is 4.79. The molecule has 0 radical (unpaired) electrons. The summed E-state index contributed by atoms with van der Waals surface area (Å²) in [7, 11) is 0. The van der Waals surface area contributed by atoms with Crippen molar-refractivity contribution in [2.24, 2.45) is 0 Å². The molecule has 0 aromatic heterocycles. The molecular weight excluding hydrogens is 394 g/mol. The van der Waals surface area contributed by atoms with Gasteiger partial charge in [0, 0.05) is 6.54 Å². The molecule has 0 unspecified atom stereocenters. The number of fused-ring (bicyclic) bond motifs is 2. The zero-order valence-corrected chi connectivity index (χ0v) is 18.3.